The van der Waals surface area contributed by atoms with Crippen LogP contribution in [0.25, 0.3) is 0 Å². The lowest BCUT2D eigenvalue weighted by atomic mass is 10.2. The Hall–Kier alpha value is -1.18. The van der Waals surface area contributed by atoms with Crippen molar-refractivity contribution in [2.45, 2.75) is 13.3 Å². The Balaban J connectivity index is 2.73. The maximum atomic E-state index is 5.67. The largest absolute Gasteiger partial charge is 0.399 e. The molecular weight excluding hydrogens is 148 g/mol. The third-order valence-electron chi connectivity index (χ3n) is 1.87. The van der Waals surface area contributed by atoms with Crippen LogP contribution in [0.3, 0.4) is 0 Å². The number of nitrogens with zero attached hydrogens (tertiary/aromatic N) is 1. The van der Waals surface area contributed by atoms with Crippen molar-refractivity contribution < 1.29 is 0 Å². The van der Waals surface area contributed by atoms with Crippen LogP contribution in [0.5, 0.6) is 0 Å². The quantitative estimate of drug-likeness (QED) is 0.693. The van der Waals surface area contributed by atoms with Crippen LogP contribution in [-0.4, -0.2) is 13.6 Å². The fraction of sp³-hybridized carbons (Fsp3) is 0.400. The summed E-state index contributed by atoms with van der Waals surface area (Å²) in [5.41, 5.74) is 7.69. The molecule has 1 aromatic rings. The van der Waals surface area contributed by atoms with Crippen LogP contribution in [0.1, 0.15) is 13.3 Å². The Bertz CT molecular complexity index is 245. The summed E-state index contributed by atoms with van der Waals surface area (Å²) in [5.74, 6) is 0. The van der Waals surface area contributed by atoms with E-state index in [0.29, 0.717) is 0 Å². The third-order valence-corrected chi connectivity index (χ3v) is 1.87. The minimum Gasteiger partial charge on any atom is -0.399 e. The number of nitrogen functional groups attached to an aromatic ring is 1. The normalized spacial score (nSPS) is 9.83. The van der Waals surface area contributed by atoms with Gasteiger partial charge in [-0.3, -0.25) is 0 Å². The highest BCUT2D eigenvalue weighted by Crippen LogP contribution is 2.15. The van der Waals surface area contributed by atoms with Crippen molar-refractivity contribution in [3.8, 4) is 0 Å². The zero-order chi connectivity index (χ0) is 8.97. The lowest BCUT2D eigenvalue weighted by molar-refractivity contribution is 0.852. The second kappa shape index (κ2) is 4.00. The SMILES string of the molecule is CCCN(C)c1cccc(N)c1. The standard InChI is InChI=1S/C10H16N2/c1-3-7-12(2)10-6-4-5-9(11)8-10/h4-6,8H,3,7,11H2,1-2H3. The van der Waals surface area contributed by atoms with Crippen molar-refractivity contribution in [2.75, 3.05) is 24.2 Å². The van der Waals surface area contributed by atoms with Gasteiger partial charge in [0.05, 0.1) is 0 Å². The molecule has 0 saturated carbocycles. The molecular formula is C10H16N2. The molecule has 0 heterocycles. The van der Waals surface area contributed by atoms with Gasteiger partial charge in [-0.2, -0.15) is 0 Å². The zero-order valence-corrected chi connectivity index (χ0v) is 7.75. The zero-order valence-electron chi connectivity index (χ0n) is 7.75. The first kappa shape index (κ1) is 8.91. The average Bonchev–Trinajstić information content (AvgIpc) is 2.05. The first-order chi connectivity index (χ1) is 5.74. The number of hydrogen-bond acceptors (Lipinski definition) is 2. The van der Waals surface area contributed by atoms with E-state index in [1.807, 2.05) is 18.2 Å². The van der Waals surface area contributed by atoms with Gasteiger partial charge in [0.1, 0.15) is 0 Å². The predicted molar refractivity (Wildman–Crippen MR) is 54.4 cm³/mol. The summed E-state index contributed by atoms with van der Waals surface area (Å²) >= 11 is 0. The molecule has 0 aliphatic carbocycles. The highest BCUT2D eigenvalue weighted by atomic mass is 15.1. The van der Waals surface area contributed by atoms with Gasteiger partial charge in [0.15, 0.2) is 0 Å². The molecule has 12 heavy (non-hydrogen) atoms. The fourth-order valence-corrected chi connectivity index (χ4v) is 1.23. The Kier molecular flexibility index (Phi) is 2.97. The van der Waals surface area contributed by atoms with Gasteiger partial charge in [-0.1, -0.05) is 13.0 Å². The van der Waals surface area contributed by atoms with Crippen molar-refractivity contribution in [3.63, 3.8) is 0 Å². The maximum Gasteiger partial charge on any atom is 0.0384 e. The molecule has 0 spiro atoms. The van der Waals surface area contributed by atoms with Crippen molar-refractivity contribution in [3.05, 3.63) is 24.3 Å². The number of nitrogens with two attached hydrogens (primary N) is 1. The molecule has 2 N–H and O–H groups in total. The smallest absolute Gasteiger partial charge is 0.0384 e. The van der Waals surface area contributed by atoms with E-state index in [1.54, 1.807) is 0 Å². The van der Waals surface area contributed by atoms with Gasteiger partial charge in [0.2, 0.25) is 0 Å². The summed E-state index contributed by atoms with van der Waals surface area (Å²) in [5, 5.41) is 0. The first-order valence-electron chi connectivity index (χ1n) is 4.30. The van der Waals surface area contributed by atoms with E-state index in [4.69, 9.17) is 5.73 Å². The molecule has 0 amide bonds. The highest BCUT2D eigenvalue weighted by Gasteiger charge is 1.97. The monoisotopic (exact) mass is 164 g/mol. The molecule has 0 fully saturated rings. The Morgan fingerprint density at radius 3 is 2.75 bits per heavy atom. The summed E-state index contributed by atoms with van der Waals surface area (Å²) < 4.78 is 0. The Morgan fingerprint density at radius 2 is 2.17 bits per heavy atom. The predicted octanol–water partition coefficient (Wildman–Crippen LogP) is 2.12. The van der Waals surface area contributed by atoms with E-state index in [9.17, 15) is 0 Å². The maximum absolute atomic E-state index is 5.67. The van der Waals surface area contributed by atoms with E-state index in [0.717, 1.165) is 18.7 Å². The van der Waals surface area contributed by atoms with Gasteiger partial charge in [0.25, 0.3) is 0 Å². The van der Waals surface area contributed by atoms with Crippen LogP contribution in [0.2, 0.25) is 0 Å². The number of rotatable bonds is 3. The van der Waals surface area contributed by atoms with Gasteiger partial charge >= 0.3 is 0 Å². The molecule has 0 saturated heterocycles. The van der Waals surface area contributed by atoms with Crippen molar-refractivity contribution >= 4 is 11.4 Å². The summed E-state index contributed by atoms with van der Waals surface area (Å²) in [6.45, 7) is 3.24. The van der Waals surface area contributed by atoms with Crippen molar-refractivity contribution in [1.29, 1.82) is 0 Å². The molecule has 0 aromatic heterocycles. The minimum absolute atomic E-state index is 0.829. The van der Waals surface area contributed by atoms with Crippen molar-refractivity contribution in [1.82, 2.24) is 0 Å². The lowest BCUT2D eigenvalue weighted by Crippen LogP contribution is -2.17. The lowest BCUT2D eigenvalue weighted by Gasteiger charge is -2.18. The van der Waals surface area contributed by atoms with Crippen LogP contribution in [0.4, 0.5) is 11.4 Å². The van der Waals surface area contributed by atoms with Crippen LogP contribution in [0, 0.1) is 0 Å². The summed E-state index contributed by atoms with van der Waals surface area (Å²) in [6.07, 6.45) is 1.16. The second-order valence-electron chi connectivity index (χ2n) is 3.02. The fourth-order valence-electron chi connectivity index (χ4n) is 1.23. The first-order valence-corrected chi connectivity index (χ1v) is 4.30. The Morgan fingerprint density at radius 1 is 1.42 bits per heavy atom. The molecule has 2 heteroatoms. The average molecular weight is 164 g/mol. The minimum atomic E-state index is 0.829. The van der Waals surface area contributed by atoms with Gasteiger partial charge < -0.3 is 10.6 Å². The molecule has 0 bridgehead atoms. The van der Waals surface area contributed by atoms with Gasteiger partial charge in [0, 0.05) is 25.0 Å². The summed E-state index contributed by atoms with van der Waals surface area (Å²) in [6, 6.07) is 7.96. The molecule has 0 atom stereocenters. The van der Waals surface area contributed by atoms with Gasteiger partial charge in [-0.25, -0.2) is 0 Å². The topological polar surface area (TPSA) is 29.3 Å². The van der Waals surface area contributed by atoms with E-state index >= 15 is 0 Å². The number of hydrogen-bond donors (Lipinski definition) is 1. The summed E-state index contributed by atoms with van der Waals surface area (Å²) in [4.78, 5) is 2.20. The molecule has 0 radical (unpaired) electrons. The molecule has 0 unspecified atom stereocenters. The van der Waals surface area contributed by atoms with Crippen LogP contribution in [-0.2, 0) is 0 Å². The molecule has 2 nitrogen and oxygen atoms in total. The van der Waals surface area contributed by atoms with Crippen LogP contribution in [0.15, 0.2) is 24.3 Å². The van der Waals surface area contributed by atoms with Gasteiger partial charge in [-0.05, 0) is 24.6 Å². The summed E-state index contributed by atoms with van der Waals surface area (Å²) in [7, 11) is 2.08. The van der Waals surface area contributed by atoms with Crippen molar-refractivity contribution in [2.24, 2.45) is 0 Å². The molecule has 66 valence electrons. The van der Waals surface area contributed by atoms with Crippen LogP contribution >= 0.6 is 0 Å². The second-order valence-corrected chi connectivity index (χ2v) is 3.02. The Labute approximate surface area is 74.0 Å². The van der Waals surface area contributed by atoms with E-state index in [1.165, 1.54) is 5.69 Å². The van der Waals surface area contributed by atoms with Crippen LogP contribution < -0.4 is 10.6 Å². The van der Waals surface area contributed by atoms with E-state index in [-0.39, 0.29) is 0 Å². The van der Waals surface area contributed by atoms with E-state index in [2.05, 4.69) is 24.9 Å². The van der Waals surface area contributed by atoms with E-state index < -0.39 is 0 Å². The third kappa shape index (κ3) is 2.16. The molecule has 0 aliphatic rings. The number of anilines is 2. The molecule has 1 rings (SSSR count). The molecule has 0 aliphatic heterocycles. The number of benzene rings is 1. The molecule has 1 aromatic carbocycles. The highest BCUT2D eigenvalue weighted by molar-refractivity contribution is 5.55. The van der Waals surface area contributed by atoms with Gasteiger partial charge in [-0.15, -0.1) is 0 Å².